The number of hydrogen-bond acceptors (Lipinski definition) is 3. The quantitative estimate of drug-likeness (QED) is 0.906. The Morgan fingerprint density at radius 2 is 2.09 bits per heavy atom. The summed E-state index contributed by atoms with van der Waals surface area (Å²) in [7, 11) is 1.66. The third-order valence-corrected chi connectivity index (χ3v) is 4.89. The van der Waals surface area contributed by atoms with Gasteiger partial charge in [-0.25, -0.2) is 0 Å². The van der Waals surface area contributed by atoms with Crippen molar-refractivity contribution in [3.63, 3.8) is 0 Å². The Hall–Kier alpha value is -1.56. The third kappa shape index (κ3) is 3.11. The van der Waals surface area contributed by atoms with Gasteiger partial charge in [-0.15, -0.1) is 0 Å². The molecule has 1 N–H and O–H groups in total. The van der Waals surface area contributed by atoms with Crippen LogP contribution in [0, 0.1) is 0 Å². The minimum atomic E-state index is 0.0604. The maximum absolute atomic E-state index is 11.1. The molecule has 0 spiro atoms. The van der Waals surface area contributed by atoms with Crippen LogP contribution in [0.1, 0.15) is 38.6 Å². The average molecular weight is 366 g/mol. The molecule has 1 amide bonds. The first-order valence-corrected chi connectivity index (χ1v) is 8.35. The molecule has 118 valence electrons. The molecule has 0 radical (unpaired) electrons. The summed E-state index contributed by atoms with van der Waals surface area (Å²) in [5, 5.41) is 8.82. The fourth-order valence-corrected chi connectivity index (χ4v) is 3.68. The molecule has 0 bridgehead atoms. The number of fused-ring (bicyclic) bond motifs is 1. The van der Waals surface area contributed by atoms with E-state index in [1.165, 1.54) is 0 Å². The first-order valence-electron chi connectivity index (χ1n) is 7.56. The number of benzene rings is 1. The second-order valence-electron chi connectivity index (χ2n) is 5.86. The molecule has 1 aromatic heterocycles. The van der Waals surface area contributed by atoms with E-state index in [0.717, 1.165) is 46.8 Å². The van der Waals surface area contributed by atoms with Crippen LogP contribution in [0.15, 0.2) is 22.8 Å². The number of nitrogens with one attached hydrogen (secondary N) is 1. The van der Waals surface area contributed by atoms with Gasteiger partial charge in [0.1, 0.15) is 5.75 Å². The van der Waals surface area contributed by atoms with Crippen LogP contribution in [0.25, 0.3) is 10.9 Å². The largest absolute Gasteiger partial charge is 0.495 e. The van der Waals surface area contributed by atoms with Crippen molar-refractivity contribution in [2.45, 2.75) is 44.7 Å². The highest BCUT2D eigenvalue weighted by molar-refractivity contribution is 9.10. The predicted octanol–water partition coefficient (Wildman–Crippen LogP) is 3.43. The van der Waals surface area contributed by atoms with Crippen molar-refractivity contribution in [2.24, 2.45) is 0 Å². The Labute approximate surface area is 138 Å². The number of rotatable bonds is 3. The monoisotopic (exact) mass is 365 g/mol. The van der Waals surface area contributed by atoms with E-state index < -0.39 is 0 Å². The predicted molar refractivity (Wildman–Crippen MR) is 89.1 cm³/mol. The van der Waals surface area contributed by atoms with Gasteiger partial charge >= 0.3 is 0 Å². The van der Waals surface area contributed by atoms with Crippen molar-refractivity contribution in [1.29, 1.82) is 0 Å². The van der Waals surface area contributed by atoms with E-state index in [-0.39, 0.29) is 5.91 Å². The van der Waals surface area contributed by atoms with Gasteiger partial charge in [0, 0.05) is 30.6 Å². The lowest BCUT2D eigenvalue weighted by molar-refractivity contribution is -0.119. The fraction of sp³-hybridized carbons (Fsp3) is 0.500. The van der Waals surface area contributed by atoms with Crippen molar-refractivity contribution in [2.75, 3.05) is 7.11 Å². The molecule has 2 aromatic rings. The Balaban J connectivity index is 1.76. The van der Waals surface area contributed by atoms with Gasteiger partial charge in [0.05, 0.1) is 23.1 Å². The Bertz CT molecular complexity index is 690. The number of nitrogens with zero attached hydrogens (tertiary/aromatic N) is 2. The maximum atomic E-state index is 11.1. The van der Waals surface area contributed by atoms with E-state index >= 15 is 0 Å². The molecule has 1 aromatic carbocycles. The zero-order valence-electron chi connectivity index (χ0n) is 12.8. The number of hydrogen-bond donors (Lipinski definition) is 1. The van der Waals surface area contributed by atoms with Crippen LogP contribution in [0.2, 0.25) is 0 Å². The number of amides is 1. The molecule has 5 nitrogen and oxygen atoms in total. The average Bonchev–Trinajstić information content (AvgIpc) is 2.89. The van der Waals surface area contributed by atoms with Crippen LogP contribution in [-0.4, -0.2) is 28.8 Å². The van der Waals surface area contributed by atoms with Crippen LogP contribution >= 0.6 is 15.9 Å². The summed E-state index contributed by atoms with van der Waals surface area (Å²) in [4.78, 5) is 11.1. The first kappa shape index (κ1) is 15.3. The highest BCUT2D eigenvalue weighted by Gasteiger charge is 2.23. The topological polar surface area (TPSA) is 56.1 Å². The van der Waals surface area contributed by atoms with E-state index in [0.29, 0.717) is 12.1 Å². The summed E-state index contributed by atoms with van der Waals surface area (Å²) >= 11 is 3.51. The van der Waals surface area contributed by atoms with Gasteiger partial charge in [0.2, 0.25) is 5.91 Å². The van der Waals surface area contributed by atoms with Crippen LogP contribution in [-0.2, 0) is 4.79 Å². The second kappa shape index (κ2) is 6.28. The van der Waals surface area contributed by atoms with Gasteiger partial charge in [-0.3, -0.25) is 9.48 Å². The standard InChI is InChI=1S/C16H20BrN3O2/c1-10(21)18-12-3-5-13(6-4-12)20-9-11-7-14(17)16(22-2)8-15(11)19-20/h7-9,12-13H,3-6H2,1-2H3,(H,18,21). The van der Waals surface area contributed by atoms with Gasteiger partial charge in [-0.05, 0) is 47.7 Å². The van der Waals surface area contributed by atoms with Gasteiger partial charge in [0.15, 0.2) is 0 Å². The van der Waals surface area contributed by atoms with Crippen LogP contribution in [0.4, 0.5) is 0 Å². The molecule has 1 heterocycles. The maximum Gasteiger partial charge on any atom is 0.217 e. The van der Waals surface area contributed by atoms with E-state index in [4.69, 9.17) is 9.84 Å². The lowest BCUT2D eigenvalue weighted by Gasteiger charge is -2.28. The SMILES string of the molecule is COc1cc2nn(C3CCC(NC(C)=O)CC3)cc2cc1Br. The number of ether oxygens (including phenoxy) is 1. The Kier molecular flexibility index (Phi) is 4.38. The summed E-state index contributed by atoms with van der Waals surface area (Å²) in [5.74, 6) is 0.859. The highest BCUT2D eigenvalue weighted by atomic mass is 79.9. The van der Waals surface area contributed by atoms with Crippen molar-refractivity contribution < 1.29 is 9.53 Å². The van der Waals surface area contributed by atoms with Crippen molar-refractivity contribution in [3.05, 3.63) is 22.8 Å². The fourth-order valence-electron chi connectivity index (χ4n) is 3.16. The smallest absolute Gasteiger partial charge is 0.217 e. The zero-order valence-corrected chi connectivity index (χ0v) is 14.4. The molecule has 6 heteroatoms. The van der Waals surface area contributed by atoms with Gasteiger partial charge in [-0.1, -0.05) is 0 Å². The molecule has 0 atom stereocenters. The number of aromatic nitrogens is 2. The molecular weight excluding hydrogens is 346 g/mol. The van der Waals surface area contributed by atoms with Gasteiger partial charge < -0.3 is 10.1 Å². The molecule has 1 saturated carbocycles. The van der Waals surface area contributed by atoms with Crippen molar-refractivity contribution in [3.8, 4) is 5.75 Å². The van der Waals surface area contributed by atoms with Gasteiger partial charge in [-0.2, -0.15) is 5.10 Å². The molecular formula is C16H20BrN3O2. The second-order valence-corrected chi connectivity index (χ2v) is 6.71. The first-order chi connectivity index (χ1) is 10.6. The van der Waals surface area contributed by atoms with Crippen LogP contribution < -0.4 is 10.1 Å². The van der Waals surface area contributed by atoms with Crippen molar-refractivity contribution >= 4 is 32.7 Å². The zero-order chi connectivity index (χ0) is 15.7. The third-order valence-electron chi connectivity index (χ3n) is 4.27. The normalized spacial score (nSPS) is 21.8. The van der Waals surface area contributed by atoms with Gasteiger partial charge in [0.25, 0.3) is 0 Å². The van der Waals surface area contributed by atoms with E-state index in [9.17, 15) is 4.79 Å². The lowest BCUT2D eigenvalue weighted by atomic mass is 9.91. The number of methoxy groups -OCH3 is 1. The summed E-state index contributed by atoms with van der Waals surface area (Å²) < 4.78 is 8.33. The summed E-state index contributed by atoms with van der Waals surface area (Å²) in [6, 6.07) is 4.72. The van der Waals surface area contributed by atoms with Crippen LogP contribution in [0.3, 0.4) is 0 Å². The molecule has 1 aliphatic rings. The Morgan fingerprint density at radius 3 is 2.73 bits per heavy atom. The molecule has 1 fully saturated rings. The Morgan fingerprint density at radius 1 is 1.36 bits per heavy atom. The van der Waals surface area contributed by atoms with Crippen LogP contribution in [0.5, 0.6) is 5.75 Å². The molecule has 0 unspecified atom stereocenters. The van der Waals surface area contributed by atoms with E-state index in [1.54, 1.807) is 14.0 Å². The molecule has 3 rings (SSSR count). The molecule has 22 heavy (non-hydrogen) atoms. The number of halogens is 1. The highest BCUT2D eigenvalue weighted by Crippen LogP contribution is 2.33. The van der Waals surface area contributed by atoms with E-state index in [1.807, 2.05) is 12.1 Å². The molecule has 0 saturated heterocycles. The summed E-state index contributed by atoms with van der Waals surface area (Å²) in [6.45, 7) is 1.58. The number of carbonyl (C=O) groups is 1. The van der Waals surface area contributed by atoms with Crippen molar-refractivity contribution in [1.82, 2.24) is 15.1 Å². The number of carbonyl (C=O) groups excluding carboxylic acids is 1. The lowest BCUT2D eigenvalue weighted by Crippen LogP contribution is -2.36. The molecule has 0 aliphatic heterocycles. The minimum absolute atomic E-state index is 0.0604. The van der Waals surface area contributed by atoms with E-state index in [2.05, 4.69) is 32.1 Å². The molecule has 1 aliphatic carbocycles. The summed E-state index contributed by atoms with van der Waals surface area (Å²) in [5.41, 5.74) is 0.948. The summed E-state index contributed by atoms with van der Waals surface area (Å²) in [6.07, 6.45) is 6.19. The minimum Gasteiger partial charge on any atom is -0.495 e.